The standard InChI is InChI=1S/C12H14FN3S/c1-8(5-6-14)16(2)12-15-10-4-3-9(13)7-11(10)17-12/h3-4,6-8,14H,5H2,1-2H3/t8-/m1/s1. The Kier molecular flexibility index (Phi) is 3.38. The number of thiazole rings is 1. The number of nitrogens with one attached hydrogen (secondary N) is 1. The van der Waals surface area contributed by atoms with Crippen LogP contribution in [0.4, 0.5) is 9.52 Å². The van der Waals surface area contributed by atoms with E-state index in [-0.39, 0.29) is 11.9 Å². The molecule has 2 aromatic rings. The van der Waals surface area contributed by atoms with Crippen molar-refractivity contribution in [2.45, 2.75) is 19.4 Å². The maximum Gasteiger partial charge on any atom is 0.186 e. The molecule has 0 spiro atoms. The number of nitrogens with zero attached hydrogens (tertiary/aromatic N) is 2. The van der Waals surface area contributed by atoms with Gasteiger partial charge in [-0.15, -0.1) is 0 Å². The fourth-order valence-corrected chi connectivity index (χ4v) is 2.61. The molecule has 0 amide bonds. The van der Waals surface area contributed by atoms with Crippen LogP contribution in [0.1, 0.15) is 13.3 Å². The quantitative estimate of drug-likeness (QED) is 0.847. The van der Waals surface area contributed by atoms with Gasteiger partial charge in [0.15, 0.2) is 5.13 Å². The monoisotopic (exact) mass is 251 g/mol. The number of benzene rings is 1. The first-order chi connectivity index (χ1) is 8.11. The smallest absolute Gasteiger partial charge is 0.186 e. The molecule has 0 aliphatic rings. The lowest BCUT2D eigenvalue weighted by molar-refractivity contribution is 0.630. The van der Waals surface area contributed by atoms with E-state index in [1.54, 1.807) is 6.07 Å². The summed E-state index contributed by atoms with van der Waals surface area (Å²) in [4.78, 5) is 6.48. The predicted molar refractivity (Wildman–Crippen MR) is 70.8 cm³/mol. The third-order valence-electron chi connectivity index (χ3n) is 2.76. The van der Waals surface area contributed by atoms with Gasteiger partial charge in [0.1, 0.15) is 5.82 Å². The number of hydrogen-bond donors (Lipinski definition) is 1. The molecule has 0 bridgehead atoms. The molecular formula is C12H14FN3S. The maximum atomic E-state index is 13.1. The number of hydrogen-bond acceptors (Lipinski definition) is 4. The van der Waals surface area contributed by atoms with Crippen molar-refractivity contribution in [2.24, 2.45) is 0 Å². The third-order valence-corrected chi connectivity index (χ3v) is 3.87. The number of fused-ring (bicyclic) bond motifs is 1. The lowest BCUT2D eigenvalue weighted by Gasteiger charge is -2.22. The van der Waals surface area contributed by atoms with E-state index < -0.39 is 0 Å². The summed E-state index contributed by atoms with van der Waals surface area (Å²) in [5, 5.41) is 7.97. The van der Waals surface area contributed by atoms with Gasteiger partial charge < -0.3 is 10.3 Å². The van der Waals surface area contributed by atoms with Crippen LogP contribution in [-0.2, 0) is 0 Å². The second-order valence-electron chi connectivity index (χ2n) is 4.01. The second kappa shape index (κ2) is 4.79. The van der Waals surface area contributed by atoms with Gasteiger partial charge in [0.2, 0.25) is 0 Å². The van der Waals surface area contributed by atoms with Crippen molar-refractivity contribution >= 4 is 32.9 Å². The minimum absolute atomic E-state index is 0.220. The van der Waals surface area contributed by atoms with Crippen molar-refractivity contribution in [3.8, 4) is 0 Å². The van der Waals surface area contributed by atoms with E-state index in [1.165, 1.54) is 29.7 Å². The molecule has 0 fully saturated rings. The first-order valence-electron chi connectivity index (χ1n) is 5.39. The third kappa shape index (κ3) is 2.44. The fourth-order valence-electron chi connectivity index (χ4n) is 1.55. The number of anilines is 1. The first kappa shape index (κ1) is 12.0. The average Bonchev–Trinajstić information content (AvgIpc) is 2.71. The highest BCUT2D eigenvalue weighted by atomic mass is 32.1. The fraction of sp³-hybridized carbons (Fsp3) is 0.333. The SMILES string of the molecule is C[C@H](CC=N)N(C)c1nc2ccc(F)cc2s1. The maximum absolute atomic E-state index is 13.1. The van der Waals surface area contributed by atoms with E-state index in [4.69, 9.17) is 5.41 Å². The molecule has 2 rings (SSSR count). The van der Waals surface area contributed by atoms with E-state index in [0.29, 0.717) is 6.42 Å². The molecular weight excluding hydrogens is 237 g/mol. The van der Waals surface area contributed by atoms with Crippen molar-refractivity contribution in [1.29, 1.82) is 5.41 Å². The van der Waals surface area contributed by atoms with Crippen LogP contribution in [0.2, 0.25) is 0 Å². The van der Waals surface area contributed by atoms with Crippen LogP contribution >= 0.6 is 11.3 Å². The van der Waals surface area contributed by atoms with E-state index in [0.717, 1.165) is 15.3 Å². The summed E-state index contributed by atoms with van der Waals surface area (Å²) < 4.78 is 13.9. The zero-order valence-corrected chi connectivity index (χ0v) is 10.6. The zero-order chi connectivity index (χ0) is 12.4. The molecule has 3 nitrogen and oxygen atoms in total. The normalized spacial score (nSPS) is 12.6. The summed E-state index contributed by atoms with van der Waals surface area (Å²) in [6, 6.07) is 4.84. The molecule has 0 aliphatic heterocycles. The highest BCUT2D eigenvalue weighted by molar-refractivity contribution is 7.22. The summed E-state index contributed by atoms with van der Waals surface area (Å²) in [6.45, 7) is 2.04. The van der Waals surface area contributed by atoms with Gasteiger partial charge in [0, 0.05) is 19.5 Å². The van der Waals surface area contributed by atoms with E-state index in [1.807, 2.05) is 18.9 Å². The zero-order valence-electron chi connectivity index (χ0n) is 9.77. The highest BCUT2D eigenvalue weighted by Gasteiger charge is 2.13. The largest absolute Gasteiger partial charge is 0.348 e. The van der Waals surface area contributed by atoms with Crippen LogP contribution in [0, 0.1) is 11.2 Å². The minimum Gasteiger partial charge on any atom is -0.348 e. The first-order valence-corrected chi connectivity index (χ1v) is 6.21. The Morgan fingerprint density at radius 2 is 2.35 bits per heavy atom. The van der Waals surface area contributed by atoms with Gasteiger partial charge in [-0.2, -0.15) is 0 Å². The van der Waals surface area contributed by atoms with Crippen molar-refractivity contribution in [2.75, 3.05) is 11.9 Å². The average molecular weight is 251 g/mol. The van der Waals surface area contributed by atoms with Gasteiger partial charge in [-0.3, -0.25) is 0 Å². The molecule has 1 N–H and O–H groups in total. The van der Waals surface area contributed by atoms with Crippen LogP contribution in [0.5, 0.6) is 0 Å². The van der Waals surface area contributed by atoms with Crippen LogP contribution in [0.25, 0.3) is 10.2 Å². The topological polar surface area (TPSA) is 40.0 Å². The van der Waals surface area contributed by atoms with Crippen LogP contribution in [0.15, 0.2) is 18.2 Å². The molecule has 0 saturated heterocycles. The van der Waals surface area contributed by atoms with Gasteiger partial charge in [-0.25, -0.2) is 9.37 Å². The molecule has 0 unspecified atom stereocenters. The molecule has 0 aliphatic carbocycles. The Labute approximate surface area is 103 Å². The summed E-state index contributed by atoms with van der Waals surface area (Å²) in [6.07, 6.45) is 2.08. The second-order valence-corrected chi connectivity index (χ2v) is 5.02. The molecule has 1 aromatic carbocycles. The van der Waals surface area contributed by atoms with Gasteiger partial charge in [0.25, 0.3) is 0 Å². The Bertz CT molecular complexity index is 538. The number of halogens is 1. The lowest BCUT2D eigenvalue weighted by atomic mass is 10.2. The summed E-state index contributed by atoms with van der Waals surface area (Å²) in [7, 11) is 1.95. The molecule has 1 atom stereocenters. The van der Waals surface area contributed by atoms with Crippen molar-refractivity contribution < 1.29 is 4.39 Å². The van der Waals surface area contributed by atoms with Crippen LogP contribution < -0.4 is 4.90 Å². The molecule has 0 radical (unpaired) electrons. The molecule has 1 heterocycles. The minimum atomic E-state index is -0.233. The van der Waals surface area contributed by atoms with Crippen LogP contribution in [0.3, 0.4) is 0 Å². The van der Waals surface area contributed by atoms with E-state index >= 15 is 0 Å². The van der Waals surface area contributed by atoms with Gasteiger partial charge in [0.05, 0.1) is 10.2 Å². The molecule has 5 heteroatoms. The number of rotatable bonds is 4. The molecule has 17 heavy (non-hydrogen) atoms. The van der Waals surface area contributed by atoms with Gasteiger partial charge in [-0.1, -0.05) is 11.3 Å². The van der Waals surface area contributed by atoms with Crippen molar-refractivity contribution in [3.63, 3.8) is 0 Å². The Hall–Kier alpha value is -1.49. The summed E-state index contributed by atoms with van der Waals surface area (Å²) in [5.41, 5.74) is 0.820. The number of aromatic nitrogens is 1. The Morgan fingerprint density at radius 1 is 1.59 bits per heavy atom. The Morgan fingerprint density at radius 3 is 3.06 bits per heavy atom. The van der Waals surface area contributed by atoms with E-state index in [9.17, 15) is 4.39 Å². The summed E-state index contributed by atoms with van der Waals surface area (Å²) >= 11 is 1.47. The van der Waals surface area contributed by atoms with Crippen LogP contribution in [-0.4, -0.2) is 24.3 Å². The molecule has 90 valence electrons. The van der Waals surface area contributed by atoms with Crippen molar-refractivity contribution in [3.05, 3.63) is 24.0 Å². The highest BCUT2D eigenvalue weighted by Crippen LogP contribution is 2.29. The van der Waals surface area contributed by atoms with Gasteiger partial charge in [-0.05, 0) is 31.3 Å². The van der Waals surface area contributed by atoms with E-state index in [2.05, 4.69) is 4.98 Å². The lowest BCUT2D eigenvalue weighted by Crippen LogP contribution is -2.28. The van der Waals surface area contributed by atoms with Crippen molar-refractivity contribution in [1.82, 2.24) is 4.98 Å². The predicted octanol–water partition coefficient (Wildman–Crippen LogP) is 3.30. The molecule has 0 saturated carbocycles. The Balaban J connectivity index is 2.32. The summed E-state index contributed by atoms with van der Waals surface area (Å²) in [5.74, 6) is -0.233. The molecule has 1 aromatic heterocycles. The van der Waals surface area contributed by atoms with Gasteiger partial charge >= 0.3 is 0 Å².